The topological polar surface area (TPSA) is 64.7 Å². The first-order valence-electron chi connectivity index (χ1n) is 7.51. The molecule has 1 aliphatic rings. The van der Waals surface area contributed by atoms with E-state index in [1.54, 1.807) is 0 Å². The lowest BCUT2D eigenvalue weighted by Gasteiger charge is -2.29. The van der Waals surface area contributed by atoms with Crippen molar-refractivity contribution in [2.24, 2.45) is 0 Å². The highest BCUT2D eigenvalue weighted by Crippen LogP contribution is 2.24. The molecule has 3 heterocycles. The molecule has 1 aliphatic heterocycles. The number of rotatable bonds is 3. The van der Waals surface area contributed by atoms with Gasteiger partial charge in [-0.25, -0.2) is 4.68 Å². The van der Waals surface area contributed by atoms with E-state index >= 15 is 0 Å². The van der Waals surface area contributed by atoms with E-state index in [1.807, 2.05) is 10.9 Å². The van der Waals surface area contributed by atoms with Crippen molar-refractivity contribution in [3.8, 4) is 0 Å². The van der Waals surface area contributed by atoms with E-state index in [1.165, 1.54) is 0 Å². The van der Waals surface area contributed by atoms with Crippen molar-refractivity contribution in [3.63, 3.8) is 0 Å². The maximum absolute atomic E-state index is 4.39. The Morgan fingerprint density at radius 2 is 2.00 bits per heavy atom. The summed E-state index contributed by atoms with van der Waals surface area (Å²) in [5.74, 6) is 2.14. The highest BCUT2D eigenvalue weighted by Gasteiger charge is 2.27. The van der Waals surface area contributed by atoms with Gasteiger partial charge in [0.1, 0.15) is 11.6 Å². The highest BCUT2D eigenvalue weighted by atomic mass is 15.4. The van der Waals surface area contributed by atoms with Crippen molar-refractivity contribution in [1.82, 2.24) is 34.7 Å². The zero-order chi connectivity index (χ0) is 15.0. The first kappa shape index (κ1) is 14.2. The molecule has 0 N–H and O–H groups in total. The SMILES string of the molecule is CCn1nncc1CN1CCn2c(nnc2C(C)(C)C)C1. The zero-order valence-corrected chi connectivity index (χ0v) is 13.2. The van der Waals surface area contributed by atoms with Crippen molar-refractivity contribution in [3.05, 3.63) is 23.5 Å². The summed E-state index contributed by atoms with van der Waals surface area (Å²) in [6.45, 7) is 13.1. The van der Waals surface area contributed by atoms with Gasteiger partial charge in [-0.2, -0.15) is 0 Å². The van der Waals surface area contributed by atoms with Crippen LogP contribution in [0.15, 0.2) is 6.20 Å². The Morgan fingerprint density at radius 3 is 2.71 bits per heavy atom. The fraction of sp³-hybridized carbons (Fsp3) is 0.714. The molecule has 21 heavy (non-hydrogen) atoms. The van der Waals surface area contributed by atoms with Crippen LogP contribution in [0.2, 0.25) is 0 Å². The monoisotopic (exact) mass is 289 g/mol. The molecule has 0 bridgehead atoms. The van der Waals surface area contributed by atoms with Gasteiger partial charge in [-0.15, -0.1) is 15.3 Å². The zero-order valence-electron chi connectivity index (χ0n) is 13.2. The molecule has 7 heteroatoms. The maximum atomic E-state index is 4.39. The van der Waals surface area contributed by atoms with Crippen LogP contribution >= 0.6 is 0 Å². The number of nitrogens with zero attached hydrogens (tertiary/aromatic N) is 7. The van der Waals surface area contributed by atoms with Gasteiger partial charge >= 0.3 is 0 Å². The van der Waals surface area contributed by atoms with Crippen molar-refractivity contribution >= 4 is 0 Å². The third-order valence-corrected chi connectivity index (χ3v) is 3.89. The fourth-order valence-electron chi connectivity index (χ4n) is 2.79. The van der Waals surface area contributed by atoms with Crippen molar-refractivity contribution < 1.29 is 0 Å². The molecule has 0 saturated heterocycles. The van der Waals surface area contributed by atoms with E-state index in [0.29, 0.717) is 0 Å². The molecule has 0 saturated carbocycles. The summed E-state index contributed by atoms with van der Waals surface area (Å²) in [6, 6.07) is 0. The van der Waals surface area contributed by atoms with Gasteiger partial charge in [0.2, 0.25) is 0 Å². The van der Waals surface area contributed by atoms with Crippen molar-refractivity contribution in [2.75, 3.05) is 6.54 Å². The molecule has 7 nitrogen and oxygen atoms in total. The first-order chi connectivity index (χ1) is 9.99. The van der Waals surface area contributed by atoms with Gasteiger partial charge in [0.15, 0.2) is 0 Å². The summed E-state index contributed by atoms with van der Waals surface area (Å²) in [5, 5.41) is 16.8. The molecule has 2 aromatic heterocycles. The minimum Gasteiger partial charge on any atom is -0.312 e. The van der Waals surface area contributed by atoms with E-state index in [4.69, 9.17) is 0 Å². The van der Waals surface area contributed by atoms with E-state index in [-0.39, 0.29) is 5.41 Å². The van der Waals surface area contributed by atoms with Crippen LogP contribution in [0.1, 0.15) is 45.0 Å². The molecular formula is C14H23N7. The molecule has 2 aromatic rings. The van der Waals surface area contributed by atoms with Crippen LogP contribution in [0.3, 0.4) is 0 Å². The summed E-state index contributed by atoms with van der Waals surface area (Å²) in [4.78, 5) is 2.38. The minimum absolute atomic E-state index is 0.0399. The summed E-state index contributed by atoms with van der Waals surface area (Å²) in [7, 11) is 0. The molecule has 0 aromatic carbocycles. The van der Waals surface area contributed by atoms with Gasteiger partial charge in [0, 0.05) is 31.6 Å². The molecule has 3 rings (SSSR count). The Labute approximate surface area is 125 Å². The van der Waals surface area contributed by atoms with Crippen molar-refractivity contribution in [2.45, 2.75) is 59.3 Å². The summed E-state index contributed by atoms with van der Waals surface area (Å²) >= 11 is 0. The lowest BCUT2D eigenvalue weighted by atomic mass is 9.95. The quantitative estimate of drug-likeness (QED) is 0.849. The second-order valence-electron chi connectivity index (χ2n) is 6.59. The third-order valence-electron chi connectivity index (χ3n) is 3.89. The molecule has 0 radical (unpaired) electrons. The van der Waals surface area contributed by atoms with Crippen molar-refractivity contribution in [1.29, 1.82) is 0 Å². The summed E-state index contributed by atoms with van der Waals surface area (Å²) in [5.41, 5.74) is 1.19. The smallest absolute Gasteiger partial charge is 0.147 e. The van der Waals surface area contributed by atoms with Crippen LogP contribution in [-0.2, 0) is 31.6 Å². The van der Waals surface area contributed by atoms with Gasteiger partial charge in [-0.1, -0.05) is 26.0 Å². The van der Waals surface area contributed by atoms with E-state index < -0.39 is 0 Å². The van der Waals surface area contributed by atoms with Gasteiger partial charge in [0.25, 0.3) is 0 Å². The number of hydrogen-bond donors (Lipinski definition) is 0. The van der Waals surface area contributed by atoms with Gasteiger partial charge in [0.05, 0.1) is 18.4 Å². The Bertz CT molecular complexity index is 620. The van der Waals surface area contributed by atoms with Crippen LogP contribution in [0, 0.1) is 0 Å². The van der Waals surface area contributed by atoms with Gasteiger partial charge in [-0.3, -0.25) is 4.90 Å². The lowest BCUT2D eigenvalue weighted by Crippen LogP contribution is -2.35. The molecule has 0 fully saturated rings. The largest absolute Gasteiger partial charge is 0.312 e. The average molecular weight is 289 g/mol. The van der Waals surface area contributed by atoms with Crippen LogP contribution in [0.5, 0.6) is 0 Å². The second kappa shape index (κ2) is 5.22. The standard InChI is InChI=1S/C14H23N7/c1-5-21-11(8-15-18-21)9-19-6-7-20-12(10-19)16-17-13(20)14(2,3)4/h8H,5-7,9-10H2,1-4H3. The Hall–Kier alpha value is -1.76. The van der Waals surface area contributed by atoms with E-state index in [2.05, 4.69) is 57.7 Å². The molecule has 0 atom stereocenters. The third kappa shape index (κ3) is 2.70. The molecule has 0 spiro atoms. The molecule has 0 aliphatic carbocycles. The molecular weight excluding hydrogens is 266 g/mol. The lowest BCUT2D eigenvalue weighted by molar-refractivity contribution is 0.199. The Kier molecular flexibility index (Phi) is 3.52. The Balaban J connectivity index is 1.75. The predicted octanol–water partition coefficient (Wildman–Crippen LogP) is 1.20. The van der Waals surface area contributed by atoms with E-state index in [0.717, 1.165) is 50.1 Å². The number of fused-ring (bicyclic) bond motifs is 1. The molecule has 114 valence electrons. The predicted molar refractivity (Wildman–Crippen MR) is 78.5 cm³/mol. The number of aryl methyl sites for hydroxylation is 1. The van der Waals surface area contributed by atoms with Crippen LogP contribution < -0.4 is 0 Å². The average Bonchev–Trinajstić information content (AvgIpc) is 3.03. The van der Waals surface area contributed by atoms with Crippen LogP contribution in [0.4, 0.5) is 0 Å². The summed E-state index contributed by atoms with van der Waals surface area (Å²) in [6.07, 6.45) is 1.85. The van der Waals surface area contributed by atoms with E-state index in [9.17, 15) is 0 Å². The first-order valence-corrected chi connectivity index (χ1v) is 7.51. The maximum Gasteiger partial charge on any atom is 0.147 e. The highest BCUT2D eigenvalue weighted by molar-refractivity contribution is 5.08. The van der Waals surface area contributed by atoms with Gasteiger partial charge in [-0.05, 0) is 6.92 Å². The summed E-state index contributed by atoms with van der Waals surface area (Å²) < 4.78 is 4.21. The molecule has 0 amide bonds. The second-order valence-corrected chi connectivity index (χ2v) is 6.59. The number of hydrogen-bond acceptors (Lipinski definition) is 5. The fourth-order valence-corrected chi connectivity index (χ4v) is 2.79. The molecule has 0 unspecified atom stereocenters. The Morgan fingerprint density at radius 1 is 1.19 bits per heavy atom. The van der Waals surface area contributed by atoms with Gasteiger partial charge < -0.3 is 4.57 Å². The normalized spacial score (nSPS) is 16.2. The minimum atomic E-state index is 0.0399. The van der Waals surface area contributed by atoms with Crippen LogP contribution in [-0.4, -0.2) is 41.2 Å². The van der Waals surface area contributed by atoms with Crippen LogP contribution in [0.25, 0.3) is 0 Å². The number of aromatic nitrogens is 6.